The Morgan fingerprint density at radius 2 is 1.68 bits per heavy atom. The zero-order valence-electron chi connectivity index (χ0n) is 12.0. The van der Waals surface area contributed by atoms with Gasteiger partial charge in [-0.3, -0.25) is 0 Å². The van der Waals surface area contributed by atoms with Gasteiger partial charge in [0, 0.05) is 0 Å². The van der Waals surface area contributed by atoms with E-state index >= 15 is 0 Å². The van der Waals surface area contributed by atoms with Crippen molar-refractivity contribution >= 4 is 0 Å². The molecule has 4 atom stereocenters. The maximum absolute atomic E-state index is 2.71. The Hall–Kier alpha value is -0.520. The van der Waals surface area contributed by atoms with Crippen molar-refractivity contribution < 1.29 is 0 Å². The highest BCUT2D eigenvalue weighted by molar-refractivity contribution is 5.25. The summed E-state index contributed by atoms with van der Waals surface area (Å²) in [6, 6.07) is 0. The molecule has 8 aliphatic rings. The molecule has 0 aromatic carbocycles. The van der Waals surface area contributed by atoms with Crippen LogP contribution in [0.2, 0.25) is 0 Å². The minimum atomic E-state index is 0.990. The third-order valence-corrected chi connectivity index (χ3v) is 7.17. The van der Waals surface area contributed by atoms with Gasteiger partial charge in [0.2, 0.25) is 0 Å². The second kappa shape index (κ2) is 3.99. The summed E-state index contributed by atoms with van der Waals surface area (Å²) in [5.41, 5.74) is 3.75. The first-order chi connectivity index (χ1) is 9.35. The van der Waals surface area contributed by atoms with Crippen molar-refractivity contribution in [1.29, 1.82) is 0 Å². The lowest BCUT2D eigenvalue weighted by Gasteiger charge is -2.45. The van der Waals surface area contributed by atoms with Gasteiger partial charge in [-0.25, -0.2) is 0 Å². The summed E-state index contributed by atoms with van der Waals surface area (Å²) in [5.74, 6) is 6.16. The average Bonchev–Trinajstić information content (AvgIpc) is 2.90. The predicted octanol–water partition coefficient (Wildman–Crippen LogP) is 5.12. The van der Waals surface area contributed by atoms with Crippen LogP contribution in [0.5, 0.6) is 0 Å². The Labute approximate surface area is 117 Å². The molecule has 0 heterocycles. The highest BCUT2D eigenvalue weighted by atomic mass is 14.5. The molecule has 0 radical (unpaired) electrons. The van der Waals surface area contributed by atoms with Gasteiger partial charge in [0.15, 0.2) is 0 Å². The standard InChI is InChI=1S/C19H26/c1-3-14-6-12(1)5-13-2-4-15(7-13)17-10-19(11-17)18-8-16(14)9-18/h3,10,12-13,15-16,18-19H,1-2,4-9,11H2/t12?,13?,15?,16?,18?,19-/m0/s1. The molecule has 19 heavy (non-hydrogen) atoms. The molecule has 0 nitrogen and oxygen atoms in total. The van der Waals surface area contributed by atoms with Crippen LogP contribution in [0, 0.1) is 35.5 Å². The predicted molar refractivity (Wildman–Crippen MR) is 78.7 cm³/mol. The van der Waals surface area contributed by atoms with Gasteiger partial charge >= 0.3 is 0 Å². The van der Waals surface area contributed by atoms with E-state index in [1.165, 1.54) is 44.9 Å². The second-order valence-electron chi connectivity index (χ2n) is 8.23. The molecule has 0 aliphatic heterocycles. The minimum Gasteiger partial charge on any atom is -0.0848 e. The molecule has 0 amide bonds. The molecule has 4 saturated carbocycles. The van der Waals surface area contributed by atoms with Crippen LogP contribution in [-0.4, -0.2) is 0 Å². The number of rotatable bonds is 0. The molecular weight excluding hydrogens is 228 g/mol. The van der Waals surface area contributed by atoms with E-state index in [0.29, 0.717) is 0 Å². The summed E-state index contributed by atoms with van der Waals surface area (Å²) >= 11 is 0. The van der Waals surface area contributed by atoms with Gasteiger partial charge in [0.25, 0.3) is 0 Å². The van der Waals surface area contributed by atoms with Crippen LogP contribution in [0.4, 0.5) is 0 Å². The molecule has 0 N–H and O–H groups in total. The summed E-state index contributed by atoms with van der Waals surface area (Å²) in [4.78, 5) is 0. The molecule has 0 heteroatoms. The van der Waals surface area contributed by atoms with E-state index in [2.05, 4.69) is 12.2 Å². The third-order valence-electron chi connectivity index (χ3n) is 7.17. The Bertz CT molecular complexity index is 449. The first-order valence-corrected chi connectivity index (χ1v) is 8.74. The summed E-state index contributed by atoms with van der Waals surface area (Å²) in [7, 11) is 0. The maximum Gasteiger partial charge on any atom is -0.0165 e. The van der Waals surface area contributed by atoms with Crippen molar-refractivity contribution in [3.63, 3.8) is 0 Å². The van der Waals surface area contributed by atoms with E-state index < -0.39 is 0 Å². The molecule has 0 spiro atoms. The van der Waals surface area contributed by atoms with Crippen molar-refractivity contribution in [2.45, 2.75) is 57.8 Å². The zero-order chi connectivity index (χ0) is 12.4. The lowest BCUT2D eigenvalue weighted by Crippen LogP contribution is -2.34. The molecule has 4 fully saturated rings. The molecule has 102 valence electrons. The van der Waals surface area contributed by atoms with Gasteiger partial charge < -0.3 is 0 Å². The van der Waals surface area contributed by atoms with E-state index in [4.69, 9.17) is 0 Å². The fraction of sp³-hybridized carbons (Fsp3) is 0.789. The first-order valence-electron chi connectivity index (χ1n) is 8.74. The summed E-state index contributed by atoms with van der Waals surface area (Å²) in [6.07, 6.45) is 18.9. The van der Waals surface area contributed by atoms with E-state index in [1.807, 2.05) is 11.1 Å². The van der Waals surface area contributed by atoms with Crippen LogP contribution in [0.25, 0.3) is 0 Å². The summed E-state index contributed by atoms with van der Waals surface area (Å²) in [5, 5.41) is 0. The largest absolute Gasteiger partial charge is 0.0848 e. The molecule has 8 bridgehead atoms. The maximum atomic E-state index is 2.71. The van der Waals surface area contributed by atoms with Gasteiger partial charge in [-0.05, 0) is 93.3 Å². The van der Waals surface area contributed by atoms with Crippen molar-refractivity contribution in [2.75, 3.05) is 0 Å². The van der Waals surface area contributed by atoms with Gasteiger partial charge in [-0.15, -0.1) is 0 Å². The average molecular weight is 254 g/mol. The van der Waals surface area contributed by atoms with Crippen molar-refractivity contribution in [3.8, 4) is 0 Å². The van der Waals surface area contributed by atoms with Crippen LogP contribution < -0.4 is 0 Å². The number of hydrogen-bond donors (Lipinski definition) is 0. The molecule has 8 aliphatic carbocycles. The highest BCUT2D eigenvalue weighted by Crippen LogP contribution is 2.55. The molecule has 0 aromatic rings. The van der Waals surface area contributed by atoms with Gasteiger partial charge in [-0.2, -0.15) is 0 Å². The lowest BCUT2D eigenvalue weighted by molar-refractivity contribution is 0.155. The summed E-state index contributed by atoms with van der Waals surface area (Å²) in [6.45, 7) is 0. The molecule has 0 aromatic heterocycles. The monoisotopic (exact) mass is 254 g/mol. The number of hydrogen-bond acceptors (Lipinski definition) is 0. The molecular formula is C19H26. The van der Waals surface area contributed by atoms with Crippen LogP contribution in [0.15, 0.2) is 23.3 Å². The molecule has 3 unspecified atom stereocenters. The number of allylic oxidation sites excluding steroid dienone is 4. The second-order valence-corrected chi connectivity index (χ2v) is 8.23. The molecule has 0 saturated heterocycles. The topological polar surface area (TPSA) is 0 Å². The SMILES string of the molecule is C1=C2C[C@H]1C1CC(C1)C1=CCC(C1)CC1CCC2C1. The Morgan fingerprint density at radius 3 is 2.58 bits per heavy atom. The highest BCUT2D eigenvalue weighted by Gasteiger charge is 2.43. The van der Waals surface area contributed by atoms with Crippen LogP contribution >= 0.6 is 0 Å². The molecule has 8 rings (SSSR count). The van der Waals surface area contributed by atoms with Crippen LogP contribution in [0.1, 0.15) is 57.8 Å². The van der Waals surface area contributed by atoms with Crippen molar-refractivity contribution in [2.24, 2.45) is 35.5 Å². The van der Waals surface area contributed by atoms with Gasteiger partial charge in [0.1, 0.15) is 0 Å². The lowest BCUT2D eigenvalue weighted by atomic mass is 9.60. The minimum absolute atomic E-state index is 0.990. The van der Waals surface area contributed by atoms with Crippen LogP contribution in [0.3, 0.4) is 0 Å². The van der Waals surface area contributed by atoms with Gasteiger partial charge in [0.05, 0.1) is 0 Å². The van der Waals surface area contributed by atoms with Crippen LogP contribution in [-0.2, 0) is 0 Å². The van der Waals surface area contributed by atoms with Gasteiger partial charge in [-0.1, -0.05) is 23.3 Å². The van der Waals surface area contributed by atoms with E-state index in [1.54, 1.807) is 12.8 Å². The Morgan fingerprint density at radius 1 is 0.789 bits per heavy atom. The Kier molecular flexibility index (Phi) is 2.35. The fourth-order valence-corrected chi connectivity index (χ4v) is 5.86. The van der Waals surface area contributed by atoms with Crippen molar-refractivity contribution in [1.82, 2.24) is 0 Å². The van der Waals surface area contributed by atoms with E-state index in [9.17, 15) is 0 Å². The zero-order valence-corrected chi connectivity index (χ0v) is 12.0. The van der Waals surface area contributed by atoms with Crippen molar-refractivity contribution in [3.05, 3.63) is 23.3 Å². The normalized spacial score (nSPS) is 50.9. The Balaban J connectivity index is 1.41. The summed E-state index contributed by atoms with van der Waals surface area (Å²) < 4.78 is 0. The quantitative estimate of drug-likeness (QED) is 0.527. The van der Waals surface area contributed by atoms with E-state index in [0.717, 1.165) is 35.5 Å². The third kappa shape index (κ3) is 1.71. The van der Waals surface area contributed by atoms with E-state index in [-0.39, 0.29) is 0 Å². The first kappa shape index (κ1) is 11.2. The fourth-order valence-electron chi connectivity index (χ4n) is 5.86. The smallest absolute Gasteiger partial charge is 0.0165 e.